The summed E-state index contributed by atoms with van der Waals surface area (Å²) < 4.78 is 2.71. The van der Waals surface area contributed by atoms with Crippen LogP contribution in [0.1, 0.15) is 51.8 Å². The number of aromatic amines is 1. The van der Waals surface area contributed by atoms with Crippen molar-refractivity contribution in [3.8, 4) is 0 Å². The van der Waals surface area contributed by atoms with Crippen molar-refractivity contribution in [2.24, 2.45) is 5.92 Å². The quantitative estimate of drug-likeness (QED) is 0.869. The van der Waals surface area contributed by atoms with Crippen LogP contribution in [0.3, 0.4) is 0 Å². The van der Waals surface area contributed by atoms with Gasteiger partial charge in [-0.1, -0.05) is 13.8 Å². The maximum atomic E-state index is 12.3. The number of H-pyrrole nitrogens is 1. The Labute approximate surface area is 125 Å². The predicted molar refractivity (Wildman–Crippen MR) is 81.1 cm³/mol. The molecule has 0 unspecified atom stereocenters. The Morgan fingerprint density at radius 2 is 2.30 bits per heavy atom. The molecule has 1 aliphatic rings. The minimum atomic E-state index is 0.112. The summed E-state index contributed by atoms with van der Waals surface area (Å²) in [5.74, 6) is 1.68. The van der Waals surface area contributed by atoms with E-state index in [2.05, 4.69) is 24.0 Å². The summed E-state index contributed by atoms with van der Waals surface area (Å²) in [4.78, 5) is 14.3. The van der Waals surface area contributed by atoms with Crippen LogP contribution in [-0.2, 0) is 11.3 Å². The number of rotatable bonds is 4. The number of amides is 1. The van der Waals surface area contributed by atoms with Crippen LogP contribution in [0.4, 0.5) is 0 Å². The van der Waals surface area contributed by atoms with Crippen LogP contribution in [0.25, 0.3) is 0 Å². The van der Waals surface area contributed by atoms with Gasteiger partial charge in [-0.05, 0) is 38.4 Å². The predicted octanol–water partition coefficient (Wildman–Crippen LogP) is 2.71. The highest BCUT2D eigenvalue weighted by Gasteiger charge is 2.29. The Kier molecular flexibility index (Phi) is 4.96. The molecule has 1 saturated heterocycles. The van der Waals surface area contributed by atoms with E-state index >= 15 is 0 Å². The maximum absolute atomic E-state index is 12.3. The SMILES string of the molecule is CC[C@@H](C)C(=O)N1CCC[C@H](c2n[nH]c(=S)n2CC)C1. The Hall–Kier alpha value is -1.17. The van der Waals surface area contributed by atoms with Gasteiger partial charge in [-0.3, -0.25) is 9.89 Å². The van der Waals surface area contributed by atoms with E-state index < -0.39 is 0 Å². The third kappa shape index (κ3) is 2.95. The van der Waals surface area contributed by atoms with Gasteiger partial charge in [0.1, 0.15) is 5.82 Å². The van der Waals surface area contributed by atoms with Crippen LogP contribution in [0, 0.1) is 10.7 Å². The van der Waals surface area contributed by atoms with Crippen LogP contribution >= 0.6 is 12.2 Å². The Morgan fingerprint density at radius 3 is 2.95 bits per heavy atom. The second-order valence-corrected chi connectivity index (χ2v) is 5.95. The number of hydrogen-bond acceptors (Lipinski definition) is 3. The second-order valence-electron chi connectivity index (χ2n) is 5.56. The van der Waals surface area contributed by atoms with Crippen LogP contribution in [0.15, 0.2) is 0 Å². The van der Waals surface area contributed by atoms with Gasteiger partial charge < -0.3 is 9.47 Å². The molecule has 112 valence electrons. The molecular weight excluding hydrogens is 272 g/mol. The molecule has 1 aromatic heterocycles. The molecule has 0 saturated carbocycles. The lowest BCUT2D eigenvalue weighted by molar-refractivity contribution is -0.136. The molecule has 2 rings (SSSR count). The number of carbonyl (C=O) groups is 1. The lowest BCUT2D eigenvalue weighted by Crippen LogP contribution is -2.42. The number of carbonyl (C=O) groups excluding carboxylic acids is 1. The molecule has 20 heavy (non-hydrogen) atoms. The fraction of sp³-hybridized carbons (Fsp3) is 0.786. The van der Waals surface area contributed by atoms with Crippen molar-refractivity contribution in [2.75, 3.05) is 13.1 Å². The van der Waals surface area contributed by atoms with Crippen LogP contribution in [0.5, 0.6) is 0 Å². The van der Waals surface area contributed by atoms with Gasteiger partial charge in [-0.15, -0.1) is 0 Å². The van der Waals surface area contributed by atoms with E-state index in [-0.39, 0.29) is 11.8 Å². The van der Waals surface area contributed by atoms with Crippen molar-refractivity contribution in [3.05, 3.63) is 10.6 Å². The summed E-state index contributed by atoms with van der Waals surface area (Å²) >= 11 is 5.25. The number of likely N-dealkylation sites (tertiary alicyclic amines) is 1. The molecule has 1 aromatic rings. The average molecular weight is 296 g/mol. The lowest BCUT2D eigenvalue weighted by atomic mass is 9.95. The van der Waals surface area contributed by atoms with Gasteiger partial charge in [0, 0.05) is 31.5 Å². The van der Waals surface area contributed by atoms with Crippen molar-refractivity contribution in [1.29, 1.82) is 0 Å². The van der Waals surface area contributed by atoms with E-state index in [1.54, 1.807) is 0 Å². The minimum Gasteiger partial charge on any atom is -0.342 e. The molecular formula is C14H24N4OS. The summed E-state index contributed by atoms with van der Waals surface area (Å²) in [5.41, 5.74) is 0. The third-order valence-electron chi connectivity index (χ3n) is 4.24. The van der Waals surface area contributed by atoms with Gasteiger partial charge >= 0.3 is 0 Å². The first-order valence-corrected chi connectivity index (χ1v) is 7.93. The first kappa shape index (κ1) is 15.2. The molecule has 1 N–H and O–H groups in total. The highest BCUT2D eigenvalue weighted by atomic mass is 32.1. The summed E-state index contributed by atoms with van der Waals surface area (Å²) in [6, 6.07) is 0. The molecule has 6 heteroatoms. The van der Waals surface area contributed by atoms with Gasteiger partial charge in [0.2, 0.25) is 5.91 Å². The molecule has 0 spiro atoms. The van der Waals surface area contributed by atoms with E-state index in [0.717, 1.165) is 44.7 Å². The lowest BCUT2D eigenvalue weighted by Gasteiger charge is -2.33. The Bertz CT molecular complexity index is 521. The normalized spacial score (nSPS) is 20.9. The van der Waals surface area contributed by atoms with E-state index in [1.165, 1.54) is 0 Å². The fourth-order valence-electron chi connectivity index (χ4n) is 2.82. The number of piperidine rings is 1. The molecule has 2 heterocycles. The molecule has 1 aliphatic heterocycles. The zero-order valence-corrected chi connectivity index (χ0v) is 13.4. The summed E-state index contributed by atoms with van der Waals surface area (Å²) in [6.45, 7) is 8.60. The first-order valence-electron chi connectivity index (χ1n) is 7.52. The molecule has 0 radical (unpaired) electrons. The molecule has 1 amide bonds. The van der Waals surface area contributed by atoms with Gasteiger partial charge in [0.05, 0.1) is 0 Å². The van der Waals surface area contributed by atoms with Crippen molar-refractivity contribution in [1.82, 2.24) is 19.7 Å². The van der Waals surface area contributed by atoms with Gasteiger partial charge in [0.15, 0.2) is 4.77 Å². The minimum absolute atomic E-state index is 0.112. The zero-order valence-electron chi connectivity index (χ0n) is 12.6. The van der Waals surface area contributed by atoms with Crippen molar-refractivity contribution in [3.63, 3.8) is 0 Å². The van der Waals surface area contributed by atoms with E-state index in [9.17, 15) is 4.79 Å². The Morgan fingerprint density at radius 1 is 1.55 bits per heavy atom. The van der Waals surface area contributed by atoms with E-state index in [4.69, 9.17) is 12.2 Å². The van der Waals surface area contributed by atoms with Crippen molar-refractivity contribution >= 4 is 18.1 Å². The molecule has 1 fully saturated rings. The summed E-state index contributed by atoms with van der Waals surface area (Å²) in [7, 11) is 0. The van der Waals surface area contributed by atoms with Crippen molar-refractivity contribution < 1.29 is 4.79 Å². The average Bonchev–Trinajstić information content (AvgIpc) is 2.86. The van der Waals surface area contributed by atoms with E-state index in [0.29, 0.717) is 10.7 Å². The Balaban J connectivity index is 2.14. The second kappa shape index (κ2) is 6.52. The molecule has 0 aliphatic carbocycles. The number of nitrogens with zero attached hydrogens (tertiary/aromatic N) is 3. The number of nitrogens with one attached hydrogen (secondary N) is 1. The molecule has 0 aromatic carbocycles. The standard InChI is InChI=1S/C14H24N4OS/c1-4-10(3)13(19)17-8-6-7-11(9-17)12-15-16-14(20)18(12)5-2/h10-11H,4-9H2,1-3H3,(H,16,20)/t10-,11+/m1/s1. The largest absolute Gasteiger partial charge is 0.342 e. The smallest absolute Gasteiger partial charge is 0.225 e. The number of hydrogen-bond donors (Lipinski definition) is 1. The van der Waals surface area contributed by atoms with Gasteiger partial charge in [-0.2, -0.15) is 5.10 Å². The summed E-state index contributed by atoms with van der Waals surface area (Å²) in [5, 5.41) is 7.25. The zero-order chi connectivity index (χ0) is 14.7. The van der Waals surface area contributed by atoms with E-state index in [1.807, 2.05) is 16.4 Å². The molecule has 5 nitrogen and oxygen atoms in total. The van der Waals surface area contributed by atoms with Gasteiger partial charge in [0.25, 0.3) is 0 Å². The highest BCUT2D eigenvalue weighted by molar-refractivity contribution is 7.71. The maximum Gasteiger partial charge on any atom is 0.225 e. The fourth-order valence-corrected chi connectivity index (χ4v) is 3.09. The summed E-state index contributed by atoms with van der Waals surface area (Å²) in [6.07, 6.45) is 3.01. The van der Waals surface area contributed by atoms with Gasteiger partial charge in [-0.25, -0.2) is 0 Å². The van der Waals surface area contributed by atoms with Crippen molar-refractivity contribution in [2.45, 2.75) is 52.5 Å². The van der Waals surface area contributed by atoms with Crippen LogP contribution in [-0.4, -0.2) is 38.7 Å². The topological polar surface area (TPSA) is 53.9 Å². The highest BCUT2D eigenvalue weighted by Crippen LogP contribution is 2.26. The van der Waals surface area contributed by atoms with Crippen LogP contribution in [0.2, 0.25) is 0 Å². The molecule has 0 bridgehead atoms. The first-order chi connectivity index (χ1) is 9.58. The third-order valence-corrected chi connectivity index (χ3v) is 4.55. The monoisotopic (exact) mass is 296 g/mol. The molecule has 2 atom stereocenters. The number of aromatic nitrogens is 3. The van der Waals surface area contributed by atoms with Crippen LogP contribution < -0.4 is 0 Å².